The van der Waals surface area contributed by atoms with Crippen molar-refractivity contribution in [2.24, 2.45) is 5.92 Å². The highest BCUT2D eigenvalue weighted by atomic mass is 16.7. The third kappa shape index (κ3) is 5.93. The van der Waals surface area contributed by atoms with Gasteiger partial charge in [0.1, 0.15) is 5.75 Å². The molecule has 0 aromatic heterocycles. The molecule has 0 atom stereocenters. The number of hydrogen-bond donors (Lipinski definition) is 0. The van der Waals surface area contributed by atoms with Crippen molar-refractivity contribution in [3.8, 4) is 5.75 Å². The first-order valence-corrected chi connectivity index (χ1v) is 10.2. The maximum absolute atomic E-state index is 12.7. The molecule has 0 N–H and O–H groups in total. The van der Waals surface area contributed by atoms with Crippen molar-refractivity contribution in [3.05, 3.63) is 29.8 Å². The van der Waals surface area contributed by atoms with Crippen LogP contribution in [0.15, 0.2) is 24.3 Å². The Bertz CT molecular complexity index is 706. The molecule has 29 heavy (non-hydrogen) atoms. The lowest BCUT2D eigenvalue weighted by molar-refractivity contribution is -0.134. The topological polar surface area (TPSA) is 85.4 Å². The summed E-state index contributed by atoms with van der Waals surface area (Å²) in [5.74, 6) is 0.809. The van der Waals surface area contributed by atoms with E-state index in [1.807, 2.05) is 4.90 Å². The average molecular weight is 404 g/mol. The molecular formula is C21H28N2O6. The van der Waals surface area contributed by atoms with Crippen molar-refractivity contribution in [2.45, 2.75) is 26.2 Å². The quantitative estimate of drug-likeness (QED) is 0.553. The van der Waals surface area contributed by atoms with Gasteiger partial charge in [0.05, 0.1) is 6.61 Å². The molecule has 2 fully saturated rings. The smallest absolute Gasteiger partial charge is 0.434 e. The van der Waals surface area contributed by atoms with Crippen LogP contribution in [0.1, 0.15) is 36.5 Å². The van der Waals surface area contributed by atoms with E-state index in [9.17, 15) is 14.4 Å². The van der Waals surface area contributed by atoms with Gasteiger partial charge in [-0.1, -0.05) is 0 Å². The number of carbonyl (C=O) groups excluding carboxylic acids is 3. The lowest BCUT2D eigenvalue weighted by Crippen LogP contribution is -2.51. The number of piperazine rings is 1. The second kappa shape index (κ2) is 10.2. The zero-order valence-electron chi connectivity index (χ0n) is 16.8. The van der Waals surface area contributed by atoms with E-state index in [1.165, 1.54) is 0 Å². The molecule has 0 aliphatic carbocycles. The zero-order valence-corrected chi connectivity index (χ0v) is 16.8. The molecule has 158 valence electrons. The average Bonchev–Trinajstić information content (AvgIpc) is 2.75. The first-order chi connectivity index (χ1) is 14.1. The fourth-order valence-corrected chi connectivity index (χ4v) is 3.58. The molecule has 1 aromatic carbocycles. The van der Waals surface area contributed by atoms with Gasteiger partial charge in [-0.15, -0.1) is 0 Å². The fourth-order valence-electron chi connectivity index (χ4n) is 3.58. The molecule has 8 nitrogen and oxygen atoms in total. The summed E-state index contributed by atoms with van der Waals surface area (Å²) < 4.78 is 15.1. The van der Waals surface area contributed by atoms with Crippen molar-refractivity contribution in [1.82, 2.24) is 9.80 Å². The maximum Gasteiger partial charge on any atom is 0.513 e. The zero-order chi connectivity index (χ0) is 20.6. The third-order valence-corrected chi connectivity index (χ3v) is 5.29. The molecular weight excluding hydrogens is 376 g/mol. The van der Waals surface area contributed by atoms with Crippen LogP contribution in [-0.4, -0.2) is 73.8 Å². The number of nitrogens with zero attached hydrogens (tertiary/aromatic N) is 2. The van der Waals surface area contributed by atoms with Crippen LogP contribution >= 0.6 is 0 Å². The molecule has 3 rings (SSSR count). The van der Waals surface area contributed by atoms with E-state index < -0.39 is 6.16 Å². The van der Waals surface area contributed by atoms with Gasteiger partial charge in [-0.2, -0.15) is 0 Å². The molecule has 2 amide bonds. The summed E-state index contributed by atoms with van der Waals surface area (Å²) in [6.45, 7) is 5.54. The Balaban J connectivity index is 1.46. The fraction of sp³-hybridized carbons (Fsp3) is 0.571. The summed E-state index contributed by atoms with van der Waals surface area (Å²) in [6.07, 6.45) is 1.69. The molecule has 0 saturated carbocycles. The molecule has 1 aromatic rings. The number of benzene rings is 1. The summed E-state index contributed by atoms with van der Waals surface area (Å²) in [7, 11) is 0. The Kier molecular flexibility index (Phi) is 7.46. The van der Waals surface area contributed by atoms with Crippen LogP contribution in [0.3, 0.4) is 0 Å². The predicted molar refractivity (Wildman–Crippen MR) is 105 cm³/mol. The highest BCUT2D eigenvalue weighted by molar-refractivity contribution is 5.94. The third-order valence-electron chi connectivity index (χ3n) is 5.29. The molecule has 8 heteroatoms. The Morgan fingerprint density at radius 1 is 1.00 bits per heavy atom. The van der Waals surface area contributed by atoms with Gasteiger partial charge in [0.15, 0.2) is 0 Å². The van der Waals surface area contributed by atoms with E-state index in [1.54, 1.807) is 36.1 Å². The standard InChI is InChI=1S/C21H28N2O6/c1-2-28-21(26)29-18-5-3-17(4-6-18)20(25)23-11-9-22(10-12-23)19(24)15-16-7-13-27-14-8-16/h3-6,16H,2,7-15H2,1H3. The van der Waals surface area contributed by atoms with Crippen molar-refractivity contribution < 1.29 is 28.6 Å². The van der Waals surface area contributed by atoms with Gasteiger partial charge in [0.2, 0.25) is 5.91 Å². The van der Waals surface area contributed by atoms with Gasteiger partial charge in [-0.25, -0.2) is 4.79 Å². The number of ether oxygens (including phenoxy) is 3. The molecule has 2 aliphatic heterocycles. The van der Waals surface area contributed by atoms with Crippen molar-refractivity contribution in [1.29, 1.82) is 0 Å². The first-order valence-electron chi connectivity index (χ1n) is 10.2. The van der Waals surface area contributed by atoms with Crippen LogP contribution in [0.5, 0.6) is 5.75 Å². The van der Waals surface area contributed by atoms with Gasteiger partial charge in [0.25, 0.3) is 5.91 Å². The largest absolute Gasteiger partial charge is 0.513 e. The molecule has 2 heterocycles. The molecule has 0 unspecified atom stereocenters. The normalized spacial score (nSPS) is 17.7. The summed E-state index contributed by atoms with van der Waals surface area (Å²) in [5.41, 5.74) is 0.517. The van der Waals surface area contributed by atoms with Crippen LogP contribution in [0.2, 0.25) is 0 Å². The molecule has 2 saturated heterocycles. The van der Waals surface area contributed by atoms with Gasteiger partial charge in [-0.05, 0) is 49.9 Å². The van der Waals surface area contributed by atoms with E-state index >= 15 is 0 Å². The van der Waals surface area contributed by atoms with Gasteiger partial charge < -0.3 is 24.0 Å². The number of carbonyl (C=O) groups is 3. The van der Waals surface area contributed by atoms with E-state index in [4.69, 9.17) is 14.2 Å². The number of hydrogen-bond acceptors (Lipinski definition) is 6. The Morgan fingerprint density at radius 3 is 2.24 bits per heavy atom. The van der Waals surface area contributed by atoms with E-state index in [2.05, 4.69) is 0 Å². The van der Waals surface area contributed by atoms with E-state index in [0.29, 0.717) is 49.8 Å². The first kappa shape index (κ1) is 21.1. The molecule has 0 bridgehead atoms. The number of amides is 2. The molecule has 0 radical (unpaired) electrons. The summed E-state index contributed by atoms with van der Waals surface area (Å²) in [5, 5.41) is 0. The number of rotatable bonds is 5. The lowest BCUT2D eigenvalue weighted by atomic mass is 9.96. The minimum absolute atomic E-state index is 0.0933. The van der Waals surface area contributed by atoms with E-state index in [0.717, 1.165) is 26.1 Å². The highest BCUT2D eigenvalue weighted by Gasteiger charge is 2.27. The van der Waals surface area contributed by atoms with Crippen LogP contribution in [0.4, 0.5) is 4.79 Å². The maximum atomic E-state index is 12.7. The summed E-state index contributed by atoms with van der Waals surface area (Å²) in [6, 6.07) is 6.38. The SMILES string of the molecule is CCOC(=O)Oc1ccc(C(=O)N2CCN(C(=O)CC3CCOCC3)CC2)cc1. The molecule has 0 spiro atoms. The summed E-state index contributed by atoms with van der Waals surface area (Å²) in [4.78, 5) is 40.2. The van der Waals surface area contributed by atoms with Crippen LogP contribution in [0.25, 0.3) is 0 Å². The summed E-state index contributed by atoms with van der Waals surface area (Å²) >= 11 is 0. The lowest BCUT2D eigenvalue weighted by Gasteiger charge is -2.35. The van der Waals surface area contributed by atoms with Gasteiger partial charge in [0, 0.05) is 51.4 Å². The van der Waals surface area contributed by atoms with Gasteiger partial charge >= 0.3 is 6.16 Å². The Morgan fingerprint density at radius 2 is 1.62 bits per heavy atom. The second-order valence-corrected chi connectivity index (χ2v) is 7.24. The van der Waals surface area contributed by atoms with Crippen molar-refractivity contribution >= 4 is 18.0 Å². The highest BCUT2D eigenvalue weighted by Crippen LogP contribution is 2.20. The second-order valence-electron chi connectivity index (χ2n) is 7.24. The van der Waals surface area contributed by atoms with Crippen LogP contribution in [-0.2, 0) is 14.3 Å². The van der Waals surface area contributed by atoms with Crippen LogP contribution < -0.4 is 4.74 Å². The monoisotopic (exact) mass is 404 g/mol. The Labute approximate surface area is 170 Å². The Hall–Kier alpha value is -2.61. The predicted octanol–water partition coefficient (Wildman–Crippen LogP) is 2.32. The van der Waals surface area contributed by atoms with Crippen molar-refractivity contribution in [2.75, 3.05) is 46.0 Å². The minimum atomic E-state index is -0.770. The minimum Gasteiger partial charge on any atom is -0.434 e. The van der Waals surface area contributed by atoms with Crippen molar-refractivity contribution in [3.63, 3.8) is 0 Å². The molecule has 2 aliphatic rings. The van der Waals surface area contributed by atoms with Gasteiger partial charge in [-0.3, -0.25) is 9.59 Å². The van der Waals surface area contributed by atoms with E-state index in [-0.39, 0.29) is 18.4 Å². The van der Waals surface area contributed by atoms with Crippen LogP contribution in [0, 0.1) is 5.92 Å².